The van der Waals surface area contributed by atoms with Crippen LogP contribution in [0.15, 0.2) is 57.0 Å². The molecule has 0 amide bonds. The quantitative estimate of drug-likeness (QED) is 0.385. The summed E-state index contributed by atoms with van der Waals surface area (Å²) in [6, 6.07) is 9.68. The molecule has 13 heteroatoms. The summed E-state index contributed by atoms with van der Waals surface area (Å²) >= 11 is 6.39. The summed E-state index contributed by atoms with van der Waals surface area (Å²) in [5.41, 5.74) is -1.41. The van der Waals surface area contributed by atoms with Crippen molar-refractivity contribution < 1.29 is 13.5 Å². The van der Waals surface area contributed by atoms with E-state index in [-0.39, 0.29) is 28.6 Å². The average molecular weight is 539 g/mol. The second kappa shape index (κ2) is 9.95. The molecule has 4 aromatic rings. The minimum absolute atomic E-state index is 0.173. The lowest BCUT2D eigenvalue weighted by Gasteiger charge is -2.17. The van der Waals surface area contributed by atoms with Crippen molar-refractivity contribution in [3.63, 3.8) is 0 Å². The molecule has 0 fully saturated rings. The molecular weight excluding hydrogens is 522 g/mol. The maximum Gasteiger partial charge on any atom is 0.355 e. The van der Waals surface area contributed by atoms with Gasteiger partial charge in [-0.2, -0.15) is 10.2 Å². The number of nitrogens with zero attached hydrogens (tertiary/aromatic N) is 4. The normalized spacial score (nSPS) is 12.1. The molecule has 3 heterocycles. The molecule has 0 unspecified atom stereocenters. The predicted octanol–water partition coefficient (Wildman–Crippen LogP) is 2.67. The first kappa shape index (κ1) is 24.9. The predicted molar refractivity (Wildman–Crippen MR) is 133 cm³/mol. The number of halogens is 3. The van der Waals surface area contributed by atoms with Crippen molar-refractivity contribution in [2.45, 2.75) is 19.5 Å². The fraction of sp³-hybridized carbons (Fsp3) is 0.160. The number of ether oxygens (including phenoxy) is 1. The summed E-state index contributed by atoms with van der Waals surface area (Å²) in [5, 5.41) is 12.4. The van der Waals surface area contributed by atoms with E-state index in [0.29, 0.717) is 34.6 Å². The number of hydrogen-bond donors (Lipinski definition) is 2. The largest absolute Gasteiger partial charge is 0.493 e. The van der Waals surface area contributed by atoms with E-state index >= 15 is 0 Å². The number of aromatic amines is 1. The van der Waals surface area contributed by atoms with E-state index in [1.54, 1.807) is 18.2 Å². The first-order valence-electron chi connectivity index (χ1n) is 11.2. The third-order valence-electron chi connectivity index (χ3n) is 5.94. The Bertz CT molecular complexity index is 1810. The van der Waals surface area contributed by atoms with Gasteiger partial charge in [0.2, 0.25) is 5.95 Å². The topological polar surface area (TPSA) is 135 Å². The smallest absolute Gasteiger partial charge is 0.355 e. The van der Waals surface area contributed by atoms with Gasteiger partial charge in [-0.25, -0.2) is 22.9 Å². The number of hydrogen-bond acceptors (Lipinski definition) is 7. The van der Waals surface area contributed by atoms with Crippen LogP contribution in [0.1, 0.15) is 22.3 Å². The number of pyridine rings is 1. The molecular formula is C25H17ClF2N6O4. The monoisotopic (exact) mass is 538 g/mol. The average Bonchev–Trinajstić information content (AvgIpc) is 3.34. The van der Waals surface area contributed by atoms with Crippen LogP contribution in [0.3, 0.4) is 0 Å². The minimum atomic E-state index is -1.00. The van der Waals surface area contributed by atoms with E-state index in [1.807, 2.05) is 0 Å². The molecule has 0 radical (unpaired) electrons. The van der Waals surface area contributed by atoms with Crippen LogP contribution in [0, 0.1) is 23.0 Å². The lowest BCUT2D eigenvalue weighted by atomic mass is 10.1. The number of anilines is 2. The Morgan fingerprint density at radius 1 is 1.13 bits per heavy atom. The Balaban J connectivity index is 1.63. The van der Waals surface area contributed by atoms with Crippen LogP contribution >= 0.6 is 11.6 Å². The molecule has 0 bridgehead atoms. The maximum atomic E-state index is 13.9. The molecule has 0 spiro atoms. The Hall–Kier alpha value is -4.76. The zero-order valence-electron chi connectivity index (χ0n) is 19.4. The minimum Gasteiger partial charge on any atom is -0.493 e. The molecule has 1 aliphatic heterocycles. The molecule has 38 heavy (non-hydrogen) atoms. The van der Waals surface area contributed by atoms with Crippen molar-refractivity contribution >= 4 is 23.2 Å². The zero-order valence-corrected chi connectivity index (χ0v) is 20.2. The number of benzene rings is 2. The molecule has 2 aromatic heterocycles. The Morgan fingerprint density at radius 3 is 2.74 bits per heavy atom. The Morgan fingerprint density at radius 2 is 1.95 bits per heavy atom. The van der Waals surface area contributed by atoms with E-state index in [9.17, 15) is 28.4 Å². The maximum absolute atomic E-state index is 13.9. The molecule has 0 saturated heterocycles. The number of nitrogens with one attached hydrogen (secondary N) is 2. The Labute approximate surface area is 217 Å². The second-order valence-electron chi connectivity index (χ2n) is 8.43. The van der Waals surface area contributed by atoms with E-state index in [0.717, 1.165) is 28.5 Å². The lowest BCUT2D eigenvalue weighted by molar-refractivity contribution is 0.357. The van der Waals surface area contributed by atoms with Crippen molar-refractivity contribution in [2.75, 3.05) is 11.9 Å². The summed E-state index contributed by atoms with van der Waals surface area (Å²) in [5.74, 6) is -1.06. The molecule has 0 atom stereocenters. The summed E-state index contributed by atoms with van der Waals surface area (Å²) in [4.78, 5) is 44.8. The van der Waals surface area contributed by atoms with E-state index < -0.39 is 35.1 Å². The van der Waals surface area contributed by atoms with Crippen LogP contribution in [-0.4, -0.2) is 25.7 Å². The van der Waals surface area contributed by atoms with Gasteiger partial charge in [0.15, 0.2) is 0 Å². The fourth-order valence-corrected chi connectivity index (χ4v) is 4.25. The highest BCUT2D eigenvalue weighted by atomic mass is 35.5. The number of H-pyrrole nitrogens is 1. The van der Waals surface area contributed by atoms with Crippen molar-refractivity contribution in [3.05, 3.63) is 113 Å². The molecule has 0 saturated carbocycles. The standard InChI is InChI=1S/C25H17ClF2N6O4/c26-18-8-21-14(3-4-38-21)7-20(18)31-23-32-24(36)34(12-16-6-17(27)10-30-22(16)35)25(37)33(23)11-13-1-2-19(28)15(5-13)9-29/h1-2,5-8,10H,3-4,11-12H2,(H,30,35)(H,31,32,36). The lowest BCUT2D eigenvalue weighted by Crippen LogP contribution is -2.43. The van der Waals surface area contributed by atoms with Gasteiger partial charge in [0.1, 0.15) is 23.5 Å². The van der Waals surface area contributed by atoms with Crippen LogP contribution in [0.5, 0.6) is 5.75 Å². The summed E-state index contributed by atoms with van der Waals surface area (Å²) in [6.45, 7) is -0.296. The third-order valence-corrected chi connectivity index (χ3v) is 6.25. The van der Waals surface area contributed by atoms with Crippen LogP contribution < -0.4 is 27.0 Å². The van der Waals surface area contributed by atoms with Gasteiger partial charge in [-0.15, -0.1) is 0 Å². The van der Waals surface area contributed by atoms with Gasteiger partial charge >= 0.3 is 11.4 Å². The van der Waals surface area contributed by atoms with Gasteiger partial charge in [-0.3, -0.25) is 9.36 Å². The number of rotatable bonds is 6. The van der Waals surface area contributed by atoms with E-state index in [1.165, 1.54) is 12.1 Å². The molecule has 2 N–H and O–H groups in total. The van der Waals surface area contributed by atoms with Gasteiger partial charge < -0.3 is 15.0 Å². The Kier molecular flexibility index (Phi) is 6.52. The van der Waals surface area contributed by atoms with Crippen molar-refractivity contribution in [2.24, 2.45) is 0 Å². The fourth-order valence-electron chi connectivity index (χ4n) is 4.05. The van der Waals surface area contributed by atoms with Gasteiger partial charge in [0, 0.05) is 24.2 Å². The highest BCUT2D eigenvalue weighted by Crippen LogP contribution is 2.35. The zero-order chi connectivity index (χ0) is 27.0. The third kappa shape index (κ3) is 4.79. The van der Waals surface area contributed by atoms with Gasteiger partial charge in [0.25, 0.3) is 5.56 Å². The van der Waals surface area contributed by atoms with Crippen LogP contribution in [0.2, 0.25) is 5.02 Å². The highest BCUT2D eigenvalue weighted by Gasteiger charge is 2.20. The van der Waals surface area contributed by atoms with Crippen LogP contribution in [-0.2, 0) is 19.5 Å². The van der Waals surface area contributed by atoms with E-state index in [4.69, 9.17) is 16.3 Å². The number of nitriles is 1. The molecule has 1 aliphatic rings. The number of fused-ring (bicyclic) bond motifs is 1. The summed E-state index contributed by atoms with van der Waals surface area (Å²) in [7, 11) is 0. The molecule has 0 aliphatic carbocycles. The first-order chi connectivity index (χ1) is 18.2. The molecule has 192 valence electrons. The SMILES string of the molecule is N#Cc1cc(Cn2c(Nc3cc4c(cc3Cl)OCC4)nc(=O)n(Cc3cc(F)c[nH]c3=O)c2=O)ccc1F. The molecule has 2 aromatic carbocycles. The highest BCUT2D eigenvalue weighted by molar-refractivity contribution is 6.33. The van der Waals surface area contributed by atoms with Crippen molar-refractivity contribution in [3.8, 4) is 11.8 Å². The summed E-state index contributed by atoms with van der Waals surface area (Å²) in [6.07, 6.45) is 1.49. The van der Waals surface area contributed by atoms with Crippen molar-refractivity contribution in [1.29, 1.82) is 5.26 Å². The van der Waals surface area contributed by atoms with Gasteiger partial charge in [0.05, 0.1) is 36.0 Å². The van der Waals surface area contributed by atoms with Crippen LogP contribution in [0.25, 0.3) is 0 Å². The van der Waals surface area contributed by atoms with Gasteiger partial charge in [-0.05, 0) is 35.4 Å². The molecule has 10 nitrogen and oxygen atoms in total. The summed E-state index contributed by atoms with van der Waals surface area (Å²) < 4.78 is 34.8. The molecule has 5 rings (SSSR count). The van der Waals surface area contributed by atoms with Gasteiger partial charge in [-0.1, -0.05) is 17.7 Å². The van der Waals surface area contributed by atoms with Crippen molar-refractivity contribution in [1.82, 2.24) is 19.1 Å². The number of aromatic nitrogens is 4. The van der Waals surface area contributed by atoms with Crippen LogP contribution in [0.4, 0.5) is 20.4 Å². The second-order valence-corrected chi connectivity index (χ2v) is 8.84. The first-order valence-corrected chi connectivity index (χ1v) is 11.6. The van der Waals surface area contributed by atoms with E-state index in [2.05, 4.69) is 15.3 Å².